The van der Waals surface area contributed by atoms with Crippen LogP contribution in [0.1, 0.15) is 10.4 Å². The molecule has 18 heavy (non-hydrogen) atoms. The molecule has 0 aliphatic rings. The second-order valence-electron chi connectivity index (χ2n) is 3.05. The van der Waals surface area contributed by atoms with Crippen LogP contribution in [0.5, 0.6) is 5.75 Å². The lowest BCUT2D eigenvalue weighted by Gasteiger charge is -2.11. The fourth-order valence-electron chi connectivity index (χ4n) is 1.05. The van der Waals surface area contributed by atoms with Crippen LogP contribution in [0.25, 0.3) is 0 Å². The maximum absolute atomic E-state index is 12.1. The van der Waals surface area contributed by atoms with Gasteiger partial charge in [-0.05, 0) is 18.2 Å². The predicted molar refractivity (Wildman–Crippen MR) is 48.5 cm³/mol. The second-order valence-corrected chi connectivity index (χ2v) is 3.49. The molecule has 0 spiro atoms. The van der Waals surface area contributed by atoms with Gasteiger partial charge in [0.15, 0.2) is 0 Å². The highest BCUT2D eigenvalue weighted by atomic mass is 35.5. The molecule has 1 aromatic rings. The van der Waals surface area contributed by atoms with E-state index in [1.165, 1.54) is 0 Å². The fraction of sp³-hybridized carbons (Fsp3) is 0.222. The molecule has 1 rings (SSSR count). The summed E-state index contributed by atoms with van der Waals surface area (Å²) in [6.45, 7) is 0. The summed E-state index contributed by atoms with van der Waals surface area (Å²) < 4.78 is 75.2. The third kappa shape index (κ3) is 4.10. The van der Waals surface area contributed by atoms with E-state index in [-0.39, 0.29) is 0 Å². The van der Waals surface area contributed by atoms with Gasteiger partial charge in [0.2, 0.25) is 0 Å². The van der Waals surface area contributed by atoms with Gasteiger partial charge in [-0.15, -0.1) is 13.2 Å². The summed E-state index contributed by atoms with van der Waals surface area (Å²) in [4.78, 5) is 10.8. The molecule has 0 N–H and O–H groups in total. The summed E-state index contributed by atoms with van der Waals surface area (Å²) in [6.07, 6.45) is -10.3. The lowest BCUT2D eigenvalue weighted by molar-refractivity contribution is -0.274. The van der Waals surface area contributed by atoms with Crippen LogP contribution in [0.4, 0.5) is 26.3 Å². The lowest BCUT2D eigenvalue weighted by Crippen LogP contribution is -2.23. The number of rotatable bonds is 2. The molecule has 0 radical (unpaired) electrons. The van der Waals surface area contributed by atoms with E-state index in [0.29, 0.717) is 18.2 Å². The SMILES string of the molecule is O=C(c1cc(Cl)cc(OC(F)(F)F)c1)C(F)(F)F. The molecule has 0 aliphatic carbocycles. The average molecular weight is 293 g/mol. The van der Waals surface area contributed by atoms with Crippen LogP contribution < -0.4 is 4.74 Å². The summed E-state index contributed by atoms with van der Waals surface area (Å²) >= 11 is 5.31. The summed E-state index contributed by atoms with van der Waals surface area (Å²) in [5, 5.41) is -0.482. The highest BCUT2D eigenvalue weighted by Crippen LogP contribution is 2.30. The monoisotopic (exact) mass is 292 g/mol. The van der Waals surface area contributed by atoms with Crippen molar-refractivity contribution in [3.05, 3.63) is 28.8 Å². The Morgan fingerprint density at radius 2 is 1.61 bits per heavy atom. The van der Waals surface area contributed by atoms with Crippen LogP contribution in [0, 0.1) is 0 Å². The molecule has 100 valence electrons. The van der Waals surface area contributed by atoms with Gasteiger partial charge in [-0.3, -0.25) is 4.79 Å². The molecule has 0 aliphatic heterocycles. The first kappa shape index (κ1) is 14.6. The Hall–Kier alpha value is -1.44. The number of carbonyl (C=O) groups excluding carboxylic acids is 1. The molecular formula is C9H3ClF6O2. The lowest BCUT2D eigenvalue weighted by atomic mass is 10.1. The number of carbonyl (C=O) groups is 1. The van der Waals surface area contributed by atoms with Crippen LogP contribution >= 0.6 is 11.6 Å². The van der Waals surface area contributed by atoms with Crippen LogP contribution in [0.3, 0.4) is 0 Å². The fourth-order valence-corrected chi connectivity index (χ4v) is 1.28. The van der Waals surface area contributed by atoms with Crippen LogP contribution in [-0.4, -0.2) is 18.3 Å². The van der Waals surface area contributed by atoms with Gasteiger partial charge in [0.25, 0.3) is 5.78 Å². The zero-order chi connectivity index (χ0) is 14.1. The minimum Gasteiger partial charge on any atom is -0.406 e. The molecule has 0 aromatic heterocycles. The molecule has 0 saturated heterocycles. The summed E-state index contributed by atoms with van der Waals surface area (Å²) in [5.74, 6) is -3.31. The normalized spacial score (nSPS) is 12.4. The molecule has 0 fully saturated rings. The van der Waals surface area contributed by atoms with Gasteiger partial charge in [0.1, 0.15) is 5.75 Å². The topological polar surface area (TPSA) is 26.3 Å². The van der Waals surface area contributed by atoms with Gasteiger partial charge >= 0.3 is 12.5 Å². The minimum absolute atomic E-state index is 0.315. The molecular weight excluding hydrogens is 290 g/mol. The predicted octanol–water partition coefficient (Wildman–Crippen LogP) is 3.98. The number of halogens is 7. The Morgan fingerprint density at radius 3 is 2.06 bits per heavy atom. The van der Waals surface area contributed by atoms with Crippen molar-refractivity contribution < 1.29 is 35.9 Å². The van der Waals surface area contributed by atoms with Crippen molar-refractivity contribution in [2.75, 3.05) is 0 Å². The molecule has 9 heteroatoms. The largest absolute Gasteiger partial charge is 0.573 e. The maximum Gasteiger partial charge on any atom is 0.573 e. The number of hydrogen-bond donors (Lipinski definition) is 0. The summed E-state index contributed by atoms with van der Waals surface area (Å²) in [6, 6.07) is 1.55. The van der Waals surface area contributed by atoms with Crippen molar-refractivity contribution >= 4 is 17.4 Å². The van der Waals surface area contributed by atoms with Crippen molar-refractivity contribution in [1.82, 2.24) is 0 Å². The zero-order valence-electron chi connectivity index (χ0n) is 8.19. The number of alkyl halides is 6. The van der Waals surface area contributed by atoms with Crippen LogP contribution in [0.15, 0.2) is 18.2 Å². The smallest absolute Gasteiger partial charge is 0.406 e. The van der Waals surface area contributed by atoms with Gasteiger partial charge in [0, 0.05) is 10.6 Å². The molecule has 2 nitrogen and oxygen atoms in total. The van der Waals surface area contributed by atoms with Gasteiger partial charge in [0.05, 0.1) is 0 Å². The number of hydrogen-bond acceptors (Lipinski definition) is 2. The van der Waals surface area contributed by atoms with E-state index < -0.39 is 34.7 Å². The zero-order valence-corrected chi connectivity index (χ0v) is 8.95. The molecule has 0 amide bonds. The van der Waals surface area contributed by atoms with Crippen molar-refractivity contribution in [3.63, 3.8) is 0 Å². The molecule has 0 saturated carbocycles. The Bertz CT molecular complexity index is 465. The third-order valence-corrected chi connectivity index (χ3v) is 1.84. The summed E-state index contributed by atoms with van der Waals surface area (Å²) in [5.41, 5.74) is -1.03. The Kier molecular flexibility index (Phi) is 3.80. The van der Waals surface area contributed by atoms with E-state index >= 15 is 0 Å². The Morgan fingerprint density at radius 1 is 1.06 bits per heavy atom. The van der Waals surface area contributed by atoms with Crippen LogP contribution in [0.2, 0.25) is 5.02 Å². The van der Waals surface area contributed by atoms with Crippen LogP contribution in [-0.2, 0) is 0 Å². The van der Waals surface area contributed by atoms with E-state index in [1.54, 1.807) is 0 Å². The highest BCUT2D eigenvalue weighted by Gasteiger charge is 2.40. The van der Waals surface area contributed by atoms with Gasteiger partial charge in [-0.2, -0.15) is 13.2 Å². The first-order chi connectivity index (χ1) is 7.99. The first-order valence-electron chi connectivity index (χ1n) is 4.17. The molecule has 0 heterocycles. The third-order valence-electron chi connectivity index (χ3n) is 1.62. The first-order valence-corrected chi connectivity index (χ1v) is 4.55. The van der Waals surface area contributed by atoms with E-state index in [4.69, 9.17) is 11.6 Å². The number of benzene rings is 1. The average Bonchev–Trinajstić information content (AvgIpc) is 2.11. The van der Waals surface area contributed by atoms with Crippen molar-refractivity contribution in [3.8, 4) is 5.75 Å². The molecule has 0 bridgehead atoms. The van der Waals surface area contributed by atoms with Gasteiger partial charge in [-0.1, -0.05) is 11.6 Å². The standard InChI is InChI=1S/C9H3ClF6O2/c10-5-1-4(7(17)8(11,12)13)2-6(3-5)18-9(14,15)16/h1-3H. The van der Waals surface area contributed by atoms with E-state index in [2.05, 4.69) is 4.74 Å². The Labute approximate surface area is 101 Å². The minimum atomic E-state index is -5.21. The molecule has 0 atom stereocenters. The van der Waals surface area contributed by atoms with Crippen molar-refractivity contribution in [2.24, 2.45) is 0 Å². The Balaban J connectivity index is 3.13. The van der Waals surface area contributed by atoms with Gasteiger partial charge < -0.3 is 4.74 Å². The van der Waals surface area contributed by atoms with Crippen molar-refractivity contribution in [1.29, 1.82) is 0 Å². The van der Waals surface area contributed by atoms with E-state index in [9.17, 15) is 31.1 Å². The molecule has 0 unspecified atom stereocenters. The van der Waals surface area contributed by atoms with Crippen molar-refractivity contribution in [2.45, 2.75) is 12.5 Å². The summed E-state index contributed by atoms with van der Waals surface area (Å²) in [7, 11) is 0. The van der Waals surface area contributed by atoms with Gasteiger partial charge in [-0.25, -0.2) is 0 Å². The van der Waals surface area contributed by atoms with E-state index in [0.717, 1.165) is 0 Å². The maximum atomic E-state index is 12.1. The highest BCUT2D eigenvalue weighted by molar-refractivity contribution is 6.31. The second kappa shape index (κ2) is 4.68. The quantitative estimate of drug-likeness (QED) is 0.609. The molecule has 1 aromatic carbocycles. The van der Waals surface area contributed by atoms with E-state index in [1.807, 2.05) is 0 Å². The number of Topliss-reactive ketones (excluding diaryl/α,β-unsaturated/α-hetero) is 1. The number of ketones is 1. The number of ether oxygens (including phenoxy) is 1.